The summed E-state index contributed by atoms with van der Waals surface area (Å²) in [5, 5.41) is 5.15. The van der Waals surface area contributed by atoms with Gasteiger partial charge in [0.25, 0.3) is 11.8 Å². The molecule has 90 valence electrons. The molecule has 0 saturated heterocycles. The van der Waals surface area contributed by atoms with Crippen LogP contribution in [0.4, 0.5) is 0 Å². The van der Waals surface area contributed by atoms with Crippen LogP contribution >= 0.6 is 0 Å². The number of pyridine rings is 1. The first-order valence-electron chi connectivity index (χ1n) is 5.21. The van der Waals surface area contributed by atoms with Crippen molar-refractivity contribution in [1.82, 2.24) is 15.6 Å². The molecule has 0 spiro atoms. The Bertz CT molecular complexity index is 449. The van der Waals surface area contributed by atoms with Gasteiger partial charge in [-0.3, -0.25) is 14.6 Å². The van der Waals surface area contributed by atoms with Gasteiger partial charge in [0, 0.05) is 18.9 Å². The number of aromatic nitrogens is 1. The first-order chi connectivity index (χ1) is 8.08. The molecule has 0 fully saturated rings. The Morgan fingerprint density at radius 2 is 2.00 bits per heavy atom. The standard InChI is InChI=1S/C12H15N3O2/c1-4-8(2)15-12(17)10-6-5-9(7-14-10)11(16)13-3/h4-7H,1-3H3,(H,13,16)(H,15,17)/b8-4-. The number of amides is 2. The molecule has 2 N–H and O–H groups in total. The highest BCUT2D eigenvalue weighted by Gasteiger charge is 2.09. The average Bonchev–Trinajstić information content (AvgIpc) is 2.37. The minimum Gasteiger partial charge on any atom is -0.355 e. The van der Waals surface area contributed by atoms with Gasteiger partial charge in [-0.2, -0.15) is 0 Å². The number of nitrogens with one attached hydrogen (secondary N) is 2. The maximum Gasteiger partial charge on any atom is 0.273 e. The Kier molecular flexibility index (Phi) is 4.39. The van der Waals surface area contributed by atoms with E-state index in [4.69, 9.17) is 0 Å². The summed E-state index contributed by atoms with van der Waals surface area (Å²) in [5.74, 6) is -0.516. The summed E-state index contributed by atoms with van der Waals surface area (Å²) >= 11 is 0. The van der Waals surface area contributed by atoms with Crippen molar-refractivity contribution in [2.75, 3.05) is 7.05 Å². The van der Waals surface area contributed by atoms with Gasteiger partial charge in [0.15, 0.2) is 0 Å². The van der Waals surface area contributed by atoms with E-state index in [1.807, 2.05) is 6.92 Å². The van der Waals surface area contributed by atoms with Crippen LogP contribution in [0.1, 0.15) is 34.7 Å². The topological polar surface area (TPSA) is 71.1 Å². The van der Waals surface area contributed by atoms with Crippen molar-refractivity contribution in [2.45, 2.75) is 13.8 Å². The van der Waals surface area contributed by atoms with E-state index < -0.39 is 0 Å². The molecule has 1 rings (SSSR count). The van der Waals surface area contributed by atoms with E-state index in [-0.39, 0.29) is 17.5 Å². The predicted octanol–water partition coefficient (Wildman–Crippen LogP) is 1.09. The minimum absolute atomic E-state index is 0.228. The minimum atomic E-state index is -0.288. The lowest BCUT2D eigenvalue weighted by atomic mass is 10.2. The van der Waals surface area contributed by atoms with Gasteiger partial charge in [-0.1, -0.05) is 6.08 Å². The molecular weight excluding hydrogens is 218 g/mol. The van der Waals surface area contributed by atoms with Crippen molar-refractivity contribution in [1.29, 1.82) is 0 Å². The van der Waals surface area contributed by atoms with E-state index in [9.17, 15) is 9.59 Å². The molecule has 0 atom stereocenters. The van der Waals surface area contributed by atoms with Crippen molar-refractivity contribution in [2.24, 2.45) is 0 Å². The van der Waals surface area contributed by atoms with Gasteiger partial charge in [0.2, 0.25) is 0 Å². The molecule has 0 aliphatic rings. The third-order valence-electron chi connectivity index (χ3n) is 2.23. The van der Waals surface area contributed by atoms with Gasteiger partial charge in [-0.05, 0) is 26.0 Å². The lowest BCUT2D eigenvalue weighted by Crippen LogP contribution is -2.23. The molecule has 5 heteroatoms. The Morgan fingerprint density at radius 1 is 1.29 bits per heavy atom. The maximum atomic E-state index is 11.6. The van der Waals surface area contributed by atoms with Gasteiger partial charge in [0.05, 0.1) is 5.56 Å². The van der Waals surface area contributed by atoms with Gasteiger partial charge in [-0.15, -0.1) is 0 Å². The van der Waals surface area contributed by atoms with Crippen LogP contribution in [0.5, 0.6) is 0 Å². The summed E-state index contributed by atoms with van der Waals surface area (Å²) < 4.78 is 0. The van der Waals surface area contributed by atoms with E-state index in [0.29, 0.717) is 5.56 Å². The fraction of sp³-hybridized carbons (Fsp3) is 0.250. The van der Waals surface area contributed by atoms with Crippen LogP contribution in [-0.2, 0) is 0 Å². The molecule has 0 saturated carbocycles. The number of allylic oxidation sites excluding steroid dienone is 2. The number of hydrogen-bond donors (Lipinski definition) is 2. The Balaban J connectivity index is 2.81. The smallest absolute Gasteiger partial charge is 0.273 e. The second-order valence-corrected chi connectivity index (χ2v) is 3.44. The summed E-state index contributed by atoms with van der Waals surface area (Å²) in [5.41, 5.74) is 1.46. The van der Waals surface area contributed by atoms with E-state index in [1.54, 1.807) is 26.1 Å². The number of carbonyl (C=O) groups excluding carboxylic acids is 2. The largest absolute Gasteiger partial charge is 0.355 e. The van der Waals surface area contributed by atoms with Gasteiger partial charge < -0.3 is 10.6 Å². The molecule has 1 heterocycles. The van der Waals surface area contributed by atoms with E-state index in [0.717, 1.165) is 5.70 Å². The monoisotopic (exact) mass is 233 g/mol. The zero-order chi connectivity index (χ0) is 12.8. The van der Waals surface area contributed by atoms with Crippen molar-refractivity contribution in [3.63, 3.8) is 0 Å². The highest BCUT2D eigenvalue weighted by molar-refractivity contribution is 5.96. The van der Waals surface area contributed by atoms with Crippen molar-refractivity contribution >= 4 is 11.8 Å². The number of carbonyl (C=O) groups is 2. The molecule has 5 nitrogen and oxygen atoms in total. The van der Waals surface area contributed by atoms with Gasteiger partial charge in [-0.25, -0.2) is 0 Å². The van der Waals surface area contributed by atoms with Crippen LogP contribution in [0.2, 0.25) is 0 Å². The third kappa shape index (κ3) is 3.41. The van der Waals surface area contributed by atoms with Crippen molar-refractivity contribution < 1.29 is 9.59 Å². The van der Waals surface area contributed by atoms with E-state index >= 15 is 0 Å². The Hall–Kier alpha value is -2.17. The van der Waals surface area contributed by atoms with Crippen LogP contribution in [0.15, 0.2) is 30.1 Å². The predicted molar refractivity (Wildman–Crippen MR) is 64.5 cm³/mol. The number of rotatable bonds is 3. The molecular formula is C12H15N3O2. The summed E-state index contributed by atoms with van der Waals surface area (Å²) in [6, 6.07) is 3.08. The zero-order valence-electron chi connectivity index (χ0n) is 10.1. The molecule has 0 aromatic carbocycles. The molecule has 0 bridgehead atoms. The number of hydrogen-bond acceptors (Lipinski definition) is 3. The Labute approximate surface area is 99.9 Å². The van der Waals surface area contributed by atoms with E-state index in [2.05, 4.69) is 15.6 Å². The quantitative estimate of drug-likeness (QED) is 0.821. The maximum absolute atomic E-state index is 11.6. The Morgan fingerprint density at radius 3 is 2.47 bits per heavy atom. The fourth-order valence-corrected chi connectivity index (χ4v) is 1.12. The second-order valence-electron chi connectivity index (χ2n) is 3.44. The van der Waals surface area contributed by atoms with Crippen LogP contribution in [0, 0.1) is 0 Å². The summed E-state index contributed by atoms with van der Waals surface area (Å²) in [6.07, 6.45) is 3.16. The summed E-state index contributed by atoms with van der Waals surface area (Å²) in [6.45, 7) is 3.62. The van der Waals surface area contributed by atoms with Gasteiger partial charge >= 0.3 is 0 Å². The fourth-order valence-electron chi connectivity index (χ4n) is 1.12. The highest BCUT2D eigenvalue weighted by atomic mass is 16.2. The first-order valence-corrected chi connectivity index (χ1v) is 5.21. The van der Waals surface area contributed by atoms with Crippen LogP contribution in [0.3, 0.4) is 0 Å². The number of nitrogens with zero attached hydrogens (tertiary/aromatic N) is 1. The molecule has 2 amide bonds. The summed E-state index contributed by atoms with van der Waals surface area (Å²) in [4.78, 5) is 26.8. The van der Waals surface area contributed by atoms with E-state index in [1.165, 1.54) is 12.3 Å². The molecule has 0 unspecified atom stereocenters. The SMILES string of the molecule is C/C=C(/C)NC(=O)c1ccc(C(=O)NC)cn1. The van der Waals surface area contributed by atoms with Crippen molar-refractivity contribution in [3.8, 4) is 0 Å². The second kappa shape index (κ2) is 5.79. The molecule has 17 heavy (non-hydrogen) atoms. The molecule has 0 radical (unpaired) electrons. The normalized spacial score (nSPS) is 10.9. The first kappa shape index (κ1) is 12.9. The average molecular weight is 233 g/mol. The van der Waals surface area contributed by atoms with Crippen LogP contribution in [-0.4, -0.2) is 23.8 Å². The molecule has 0 aliphatic heterocycles. The molecule has 1 aromatic rings. The lowest BCUT2D eigenvalue weighted by Gasteiger charge is -2.04. The zero-order valence-corrected chi connectivity index (χ0v) is 10.1. The van der Waals surface area contributed by atoms with Crippen LogP contribution < -0.4 is 10.6 Å². The molecule has 1 aromatic heterocycles. The van der Waals surface area contributed by atoms with Gasteiger partial charge in [0.1, 0.15) is 5.69 Å². The lowest BCUT2D eigenvalue weighted by molar-refractivity contribution is 0.0948. The summed E-state index contributed by atoms with van der Waals surface area (Å²) in [7, 11) is 1.54. The van der Waals surface area contributed by atoms with Crippen molar-refractivity contribution in [3.05, 3.63) is 41.4 Å². The molecule has 0 aliphatic carbocycles. The third-order valence-corrected chi connectivity index (χ3v) is 2.23. The highest BCUT2D eigenvalue weighted by Crippen LogP contribution is 2.01. The van der Waals surface area contributed by atoms with Crippen LogP contribution in [0.25, 0.3) is 0 Å².